The Bertz CT molecular complexity index is 2070. The molecule has 1 amide bonds. The molecule has 3 aromatic carbocycles. The fraction of sp³-hybridized carbons (Fsp3) is 0.593. The second-order valence-electron chi connectivity index (χ2n) is 19.4. The average Bonchev–Trinajstić information content (AvgIpc) is 3.40. The topological polar surface area (TPSA) is 149 Å². The van der Waals surface area contributed by atoms with Crippen molar-refractivity contribution in [3.8, 4) is 11.5 Å². The molecule has 3 N–H and O–H groups in total. The van der Waals surface area contributed by atoms with E-state index in [1.165, 1.54) is 49.8 Å². The first-order valence-electron chi connectivity index (χ1n) is 27.1. The molecule has 1 aliphatic heterocycles. The third kappa shape index (κ3) is 16.6. The van der Waals surface area contributed by atoms with Crippen molar-refractivity contribution in [2.75, 3.05) is 65.2 Å². The summed E-state index contributed by atoms with van der Waals surface area (Å²) in [5.41, 5.74) is 3.62. The Hall–Kier alpha value is -4.37. The lowest BCUT2D eigenvalue weighted by molar-refractivity contribution is -0.256. The van der Waals surface area contributed by atoms with Crippen molar-refractivity contribution in [3.05, 3.63) is 114 Å². The van der Waals surface area contributed by atoms with Gasteiger partial charge in [-0.3, -0.25) is 4.90 Å². The van der Waals surface area contributed by atoms with Crippen LogP contribution in [-0.4, -0.2) is 109 Å². The number of amides is 1. The van der Waals surface area contributed by atoms with Crippen LogP contribution in [0.15, 0.2) is 113 Å². The van der Waals surface area contributed by atoms with Crippen molar-refractivity contribution >= 4 is 23.6 Å². The van der Waals surface area contributed by atoms with Crippen molar-refractivity contribution in [3.63, 3.8) is 0 Å². The standard InChI is InChI=1S/C59H84N2O10S/c1-3-5-6-7-8-9-10-11-12-23-37-68-58(65)61(32-38-66-39-35-64)55-44-53(60-70-45-46-24-15-13-16-25-46)51-42-47(26-19-21-33-62)50(29-20-22-34-63)56-52-43-48(67-40-41-72-49-27-17-14-18-28-49)30-31-54(52)71-59(55,57(51)56)69-36-4-2/h4,13-18,24-25,27-28,30-31,42-43,47,50,55-57,62-64H,2-3,5-12,19-23,26,29,32-41,44-45H2,1H3/t47-,50+,55-,56+,57+,59+/m0/s1. The van der Waals surface area contributed by atoms with Gasteiger partial charge in [0.2, 0.25) is 5.79 Å². The molecule has 1 heterocycles. The number of fused-ring (bicyclic) bond motifs is 2. The highest BCUT2D eigenvalue weighted by Crippen LogP contribution is 2.62. The number of nitrogens with zero attached hydrogens (tertiary/aromatic N) is 2. The van der Waals surface area contributed by atoms with Crippen molar-refractivity contribution in [1.29, 1.82) is 0 Å². The summed E-state index contributed by atoms with van der Waals surface area (Å²) in [5.74, 6) is 0.120. The summed E-state index contributed by atoms with van der Waals surface area (Å²) in [6.07, 6.45) is 20.1. The summed E-state index contributed by atoms with van der Waals surface area (Å²) < 4.78 is 33.2. The number of carbonyl (C=O) groups excluding carboxylic acids is 1. The number of unbranched alkanes of at least 4 members (excludes halogenated alkanes) is 11. The van der Waals surface area contributed by atoms with Crippen molar-refractivity contribution < 1.29 is 48.6 Å². The third-order valence-corrected chi connectivity index (χ3v) is 15.3. The van der Waals surface area contributed by atoms with Gasteiger partial charge in [-0.25, -0.2) is 4.79 Å². The predicted molar refractivity (Wildman–Crippen MR) is 287 cm³/mol. The van der Waals surface area contributed by atoms with Gasteiger partial charge in [0.05, 0.1) is 51.3 Å². The fourth-order valence-electron chi connectivity index (χ4n) is 10.9. The highest BCUT2D eigenvalue weighted by molar-refractivity contribution is 7.99. The van der Waals surface area contributed by atoms with E-state index in [0.29, 0.717) is 30.9 Å². The lowest BCUT2D eigenvalue weighted by Gasteiger charge is -2.59. The summed E-state index contributed by atoms with van der Waals surface area (Å²) in [7, 11) is 0. The Morgan fingerprint density at radius 2 is 1.53 bits per heavy atom. The van der Waals surface area contributed by atoms with Gasteiger partial charge < -0.3 is 43.8 Å². The number of carbonyl (C=O) groups is 1. The summed E-state index contributed by atoms with van der Waals surface area (Å²) in [4.78, 5) is 24.0. The Morgan fingerprint density at radius 3 is 2.24 bits per heavy atom. The highest BCUT2D eigenvalue weighted by atomic mass is 32.2. The largest absolute Gasteiger partial charge is 0.493 e. The SMILES string of the molecule is C=CCO[C@@]12Oc3ccc(OCCSc4ccccc4)cc3[C@H]3[C@H](CCCCO)[C@@H](CCCCO)C=C(C(=NOCc4ccccc4)C[C@@H]1N(CCOCCO)C(=O)OCCCCCCCCCCCC)[C@H]32. The zero-order valence-electron chi connectivity index (χ0n) is 43.1. The molecule has 0 saturated heterocycles. The molecule has 0 aromatic heterocycles. The van der Waals surface area contributed by atoms with Crippen LogP contribution in [0.2, 0.25) is 0 Å². The molecule has 12 nitrogen and oxygen atoms in total. The minimum Gasteiger partial charge on any atom is -0.493 e. The van der Waals surface area contributed by atoms with E-state index in [0.717, 1.165) is 73.1 Å². The second-order valence-corrected chi connectivity index (χ2v) is 20.5. The summed E-state index contributed by atoms with van der Waals surface area (Å²) in [5, 5.41) is 34.8. The van der Waals surface area contributed by atoms with E-state index in [1.54, 1.807) is 22.7 Å². The number of ether oxygens (including phenoxy) is 5. The molecule has 396 valence electrons. The first kappa shape index (κ1) is 56.9. The highest BCUT2D eigenvalue weighted by Gasteiger charge is 2.65. The summed E-state index contributed by atoms with van der Waals surface area (Å²) >= 11 is 1.75. The maximum Gasteiger partial charge on any atom is 0.410 e. The van der Waals surface area contributed by atoms with E-state index < -0.39 is 23.8 Å². The number of hydrogen-bond donors (Lipinski definition) is 3. The predicted octanol–water partition coefficient (Wildman–Crippen LogP) is 12.1. The fourth-order valence-corrected chi connectivity index (χ4v) is 11.6. The summed E-state index contributed by atoms with van der Waals surface area (Å²) in [6.45, 7) is 7.94. The molecule has 1 fully saturated rings. The van der Waals surface area contributed by atoms with Gasteiger partial charge in [0, 0.05) is 48.3 Å². The second kappa shape index (κ2) is 32.0. The van der Waals surface area contributed by atoms with Gasteiger partial charge >= 0.3 is 6.09 Å². The van der Waals surface area contributed by atoms with E-state index in [1.807, 2.05) is 60.7 Å². The van der Waals surface area contributed by atoms with Crippen molar-refractivity contribution in [2.24, 2.45) is 22.9 Å². The van der Waals surface area contributed by atoms with Crippen molar-refractivity contribution in [2.45, 2.75) is 145 Å². The van der Waals surface area contributed by atoms with Gasteiger partial charge in [-0.1, -0.05) is 143 Å². The van der Waals surface area contributed by atoms with Gasteiger partial charge in [-0.05, 0) is 85.4 Å². The van der Waals surface area contributed by atoms with Gasteiger partial charge in [0.1, 0.15) is 24.1 Å². The lowest BCUT2D eigenvalue weighted by Crippen LogP contribution is -2.70. The first-order valence-corrected chi connectivity index (χ1v) is 28.1. The van der Waals surface area contributed by atoms with Crippen molar-refractivity contribution in [1.82, 2.24) is 4.90 Å². The number of hydrogen-bond acceptors (Lipinski definition) is 12. The molecular weight excluding hydrogens is 929 g/mol. The van der Waals surface area contributed by atoms with Crippen LogP contribution < -0.4 is 9.47 Å². The number of allylic oxidation sites excluding steroid dienone is 1. The number of thioether (sulfide) groups is 1. The van der Waals surface area contributed by atoms with E-state index >= 15 is 0 Å². The van der Waals surface area contributed by atoms with E-state index in [9.17, 15) is 20.1 Å². The molecule has 0 spiro atoms. The Balaban J connectivity index is 1.41. The molecule has 13 heteroatoms. The molecule has 0 radical (unpaired) electrons. The minimum atomic E-state index is -1.46. The molecule has 2 aliphatic carbocycles. The number of aliphatic hydroxyl groups excluding tert-OH is 3. The maximum atomic E-state index is 14.9. The number of benzene rings is 3. The van der Waals surface area contributed by atoms with E-state index in [-0.39, 0.29) is 83.6 Å². The molecular formula is C59H84N2O10S. The van der Waals surface area contributed by atoms with Gasteiger partial charge in [-0.15, -0.1) is 18.3 Å². The summed E-state index contributed by atoms with van der Waals surface area (Å²) in [6, 6.07) is 25.5. The molecule has 0 unspecified atom stereocenters. The third-order valence-electron chi connectivity index (χ3n) is 14.3. The average molecular weight is 1010 g/mol. The zero-order chi connectivity index (χ0) is 50.6. The van der Waals surface area contributed by atoms with E-state index in [2.05, 4.69) is 37.8 Å². The smallest absolute Gasteiger partial charge is 0.410 e. The molecule has 72 heavy (non-hydrogen) atoms. The molecule has 6 atom stereocenters. The van der Waals surface area contributed by atoms with Crippen LogP contribution in [0.4, 0.5) is 4.79 Å². The van der Waals surface area contributed by atoms with Crippen LogP contribution in [0.5, 0.6) is 11.5 Å². The molecule has 3 aliphatic rings. The molecule has 6 rings (SSSR count). The number of rotatable bonds is 36. The normalized spacial score (nSPS) is 21.5. The lowest BCUT2D eigenvalue weighted by atomic mass is 9.55. The molecule has 1 saturated carbocycles. The van der Waals surface area contributed by atoms with Crippen LogP contribution >= 0.6 is 11.8 Å². The quantitative estimate of drug-likeness (QED) is 0.0221. The van der Waals surface area contributed by atoms with Crippen LogP contribution in [-0.2, 0) is 25.7 Å². The monoisotopic (exact) mass is 1010 g/mol. The molecule has 0 bridgehead atoms. The Kier molecular flexibility index (Phi) is 25.3. The maximum absolute atomic E-state index is 14.9. The molecule has 3 aromatic rings. The Labute approximate surface area is 434 Å². The van der Waals surface area contributed by atoms with Gasteiger partial charge in [0.15, 0.2) is 0 Å². The van der Waals surface area contributed by atoms with Crippen LogP contribution in [0.1, 0.15) is 133 Å². The minimum absolute atomic E-state index is 0.0529. The van der Waals surface area contributed by atoms with Gasteiger partial charge in [-0.2, -0.15) is 0 Å². The van der Waals surface area contributed by atoms with Crippen LogP contribution in [0.3, 0.4) is 0 Å². The van der Waals surface area contributed by atoms with Crippen LogP contribution in [0.25, 0.3) is 0 Å². The van der Waals surface area contributed by atoms with Gasteiger partial charge in [0.25, 0.3) is 0 Å². The van der Waals surface area contributed by atoms with E-state index in [4.69, 9.17) is 33.7 Å². The number of oxime groups is 1. The van der Waals surface area contributed by atoms with Crippen LogP contribution in [0, 0.1) is 17.8 Å². The zero-order valence-corrected chi connectivity index (χ0v) is 43.9. The first-order chi connectivity index (χ1) is 35.5. The Morgan fingerprint density at radius 1 is 0.819 bits per heavy atom. The number of aliphatic hydroxyl groups is 3.